The quantitative estimate of drug-likeness (QED) is 0.869. The summed E-state index contributed by atoms with van der Waals surface area (Å²) in [7, 11) is -1.95. The highest BCUT2D eigenvalue weighted by Crippen LogP contribution is 2.29. The lowest BCUT2D eigenvalue weighted by molar-refractivity contribution is 0.539. The Labute approximate surface area is 136 Å². The third kappa shape index (κ3) is 3.64. The maximum atomic E-state index is 12.7. The van der Waals surface area contributed by atoms with Gasteiger partial charge < -0.3 is 0 Å². The molecule has 0 aliphatic heterocycles. The van der Waals surface area contributed by atoms with Crippen molar-refractivity contribution in [2.75, 3.05) is 11.0 Å². The lowest BCUT2D eigenvalue weighted by Gasteiger charge is -2.18. The Balaban J connectivity index is 2.43. The standard InChI is InChI=1S/C15H21N3O2S2/c1-15(2,3)14-13(10-18(4)16-14)22(19,20)17-11-7-6-8-12(9-11)21-5/h6-10,17H,1-5H3. The fourth-order valence-electron chi connectivity index (χ4n) is 2.08. The molecule has 0 amide bonds. The molecule has 22 heavy (non-hydrogen) atoms. The molecule has 5 nitrogen and oxygen atoms in total. The van der Waals surface area contributed by atoms with Crippen LogP contribution in [0, 0.1) is 0 Å². The zero-order valence-electron chi connectivity index (χ0n) is 13.4. The molecular formula is C15H21N3O2S2. The molecule has 0 saturated heterocycles. The van der Waals surface area contributed by atoms with E-state index in [2.05, 4.69) is 9.82 Å². The average molecular weight is 339 g/mol. The highest BCUT2D eigenvalue weighted by atomic mass is 32.2. The van der Waals surface area contributed by atoms with Crippen LogP contribution in [0.5, 0.6) is 0 Å². The van der Waals surface area contributed by atoms with Crippen molar-refractivity contribution >= 4 is 27.5 Å². The van der Waals surface area contributed by atoms with E-state index in [1.54, 1.807) is 31.1 Å². The summed E-state index contributed by atoms with van der Waals surface area (Å²) >= 11 is 1.57. The van der Waals surface area contributed by atoms with E-state index >= 15 is 0 Å². The number of sulfonamides is 1. The van der Waals surface area contributed by atoms with Crippen LogP contribution < -0.4 is 4.72 Å². The number of hydrogen-bond donors (Lipinski definition) is 1. The fraction of sp³-hybridized carbons (Fsp3) is 0.400. The molecule has 0 aliphatic carbocycles. The summed E-state index contributed by atoms with van der Waals surface area (Å²) < 4.78 is 29.6. The third-order valence-electron chi connectivity index (χ3n) is 3.12. The van der Waals surface area contributed by atoms with Crippen molar-refractivity contribution in [3.05, 3.63) is 36.2 Å². The van der Waals surface area contributed by atoms with Crippen molar-refractivity contribution in [2.24, 2.45) is 7.05 Å². The molecule has 1 aromatic carbocycles. The average Bonchev–Trinajstić information content (AvgIpc) is 2.81. The van der Waals surface area contributed by atoms with E-state index in [1.165, 1.54) is 4.68 Å². The molecule has 0 spiro atoms. The van der Waals surface area contributed by atoms with E-state index in [0.717, 1.165) is 4.90 Å². The van der Waals surface area contributed by atoms with Crippen molar-refractivity contribution in [1.29, 1.82) is 0 Å². The Morgan fingerprint density at radius 2 is 1.95 bits per heavy atom. The van der Waals surface area contributed by atoms with Gasteiger partial charge in [-0.1, -0.05) is 26.8 Å². The molecular weight excluding hydrogens is 318 g/mol. The van der Waals surface area contributed by atoms with E-state index in [9.17, 15) is 8.42 Å². The molecule has 2 aromatic rings. The molecule has 0 fully saturated rings. The predicted molar refractivity (Wildman–Crippen MR) is 90.9 cm³/mol. The van der Waals surface area contributed by atoms with Crippen LogP contribution in [0.4, 0.5) is 5.69 Å². The Morgan fingerprint density at radius 1 is 1.27 bits per heavy atom. The largest absolute Gasteiger partial charge is 0.279 e. The zero-order chi connectivity index (χ0) is 16.5. The van der Waals surface area contributed by atoms with Crippen LogP contribution in [-0.4, -0.2) is 24.5 Å². The first kappa shape index (κ1) is 16.9. The summed E-state index contributed by atoms with van der Waals surface area (Å²) in [6, 6.07) is 7.32. The predicted octanol–water partition coefficient (Wildman–Crippen LogP) is 3.24. The van der Waals surface area contributed by atoms with E-state index in [0.29, 0.717) is 11.4 Å². The van der Waals surface area contributed by atoms with E-state index in [-0.39, 0.29) is 10.3 Å². The molecule has 2 rings (SSSR count). The number of benzene rings is 1. The molecule has 0 bridgehead atoms. The number of nitrogens with zero attached hydrogens (tertiary/aromatic N) is 2. The molecule has 1 heterocycles. The molecule has 0 radical (unpaired) electrons. The lowest BCUT2D eigenvalue weighted by atomic mass is 9.92. The van der Waals surface area contributed by atoms with Gasteiger partial charge in [-0.3, -0.25) is 9.40 Å². The molecule has 0 atom stereocenters. The number of nitrogens with one attached hydrogen (secondary N) is 1. The van der Waals surface area contributed by atoms with Crippen LogP contribution >= 0.6 is 11.8 Å². The number of hydrogen-bond acceptors (Lipinski definition) is 4. The maximum Gasteiger partial charge on any atom is 0.265 e. The summed E-state index contributed by atoms with van der Waals surface area (Å²) in [5.74, 6) is 0. The summed E-state index contributed by atoms with van der Waals surface area (Å²) in [4.78, 5) is 1.22. The van der Waals surface area contributed by atoms with Gasteiger partial charge in [-0.05, 0) is 24.5 Å². The molecule has 120 valence electrons. The van der Waals surface area contributed by atoms with Gasteiger partial charge in [0.25, 0.3) is 10.0 Å². The first-order chi connectivity index (χ1) is 10.1. The van der Waals surface area contributed by atoms with Gasteiger partial charge in [0, 0.05) is 29.2 Å². The molecule has 1 aromatic heterocycles. The highest BCUT2D eigenvalue weighted by Gasteiger charge is 2.29. The van der Waals surface area contributed by atoms with Gasteiger partial charge in [0.1, 0.15) is 4.90 Å². The van der Waals surface area contributed by atoms with Crippen LogP contribution in [-0.2, 0) is 22.5 Å². The Hall–Kier alpha value is -1.47. The minimum atomic E-state index is -3.67. The van der Waals surface area contributed by atoms with Gasteiger partial charge in [0.2, 0.25) is 0 Å². The van der Waals surface area contributed by atoms with Gasteiger partial charge >= 0.3 is 0 Å². The number of rotatable bonds is 4. The minimum absolute atomic E-state index is 0.219. The number of anilines is 1. The van der Waals surface area contributed by atoms with Crippen LogP contribution in [0.25, 0.3) is 0 Å². The summed E-state index contributed by atoms with van der Waals surface area (Å²) in [5, 5.41) is 4.32. The van der Waals surface area contributed by atoms with Crippen molar-refractivity contribution in [3.63, 3.8) is 0 Å². The van der Waals surface area contributed by atoms with Gasteiger partial charge in [-0.2, -0.15) is 5.10 Å². The van der Waals surface area contributed by atoms with Crippen molar-refractivity contribution in [3.8, 4) is 0 Å². The molecule has 0 aliphatic rings. The fourth-order valence-corrected chi connectivity index (χ4v) is 3.98. The number of aryl methyl sites for hydroxylation is 1. The third-order valence-corrected chi connectivity index (χ3v) is 5.22. The first-order valence-electron chi connectivity index (χ1n) is 6.84. The van der Waals surface area contributed by atoms with Crippen LogP contribution in [0.2, 0.25) is 0 Å². The van der Waals surface area contributed by atoms with Gasteiger partial charge in [0.05, 0.1) is 5.69 Å². The van der Waals surface area contributed by atoms with Crippen LogP contribution in [0.1, 0.15) is 26.5 Å². The number of thioether (sulfide) groups is 1. The monoisotopic (exact) mass is 339 g/mol. The molecule has 0 saturated carbocycles. The summed E-state index contributed by atoms with van der Waals surface area (Å²) in [6.45, 7) is 5.84. The lowest BCUT2D eigenvalue weighted by Crippen LogP contribution is -2.20. The molecule has 7 heteroatoms. The van der Waals surface area contributed by atoms with E-state index in [4.69, 9.17) is 0 Å². The topological polar surface area (TPSA) is 64.0 Å². The smallest absolute Gasteiger partial charge is 0.265 e. The highest BCUT2D eigenvalue weighted by molar-refractivity contribution is 7.98. The zero-order valence-corrected chi connectivity index (χ0v) is 15.0. The Morgan fingerprint density at radius 3 is 2.55 bits per heavy atom. The summed E-state index contributed by atoms with van der Waals surface area (Å²) in [5.41, 5.74) is 0.756. The number of aromatic nitrogens is 2. The van der Waals surface area contributed by atoms with Crippen molar-refractivity contribution < 1.29 is 8.42 Å². The Bertz CT molecular complexity index is 774. The maximum absolute atomic E-state index is 12.7. The van der Waals surface area contributed by atoms with Crippen LogP contribution in [0.3, 0.4) is 0 Å². The van der Waals surface area contributed by atoms with Crippen molar-refractivity contribution in [2.45, 2.75) is 36.0 Å². The van der Waals surface area contributed by atoms with Crippen LogP contribution in [0.15, 0.2) is 40.3 Å². The van der Waals surface area contributed by atoms with Crippen molar-refractivity contribution in [1.82, 2.24) is 9.78 Å². The SMILES string of the molecule is CSc1cccc(NS(=O)(=O)c2cn(C)nc2C(C)(C)C)c1. The van der Waals surface area contributed by atoms with E-state index < -0.39 is 10.0 Å². The Kier molecular flexibility index (Phi) is 4.58. The summed E-state index contributed by atoms with van der Waals surface area (Å²) in [6.07, 6.45) is 3.49. The molecule has 1 N–H and O–H groups in total. The van der Waals surface area contributed by atoms with Gasteiger partial charge in [-0.25, -0.2) is 8.42 Å². The second-order valence-electron chi connectivity index (χ2n) is 6.10. The second-order valence-corrected chi connectivity index (χ2v) is 8.63. The van der Waals surface area contributed by atoms with E-state index in [1.807, 2.05) is 45.2 Å². The molecule has 0 unspecified atom stereocenters. The van der Waals surface area contributed by atoms with Gasteiger partial charge in [-0.15, -0.1) is 11.8 Å². The normalized spacial score (nSPS) is 12.4. The first-order valence-corrected chi connectivity index (χ1v) is 9.55. The second kappa shape index (κ2) is 5.96. The van der Waals surface area contributed by atoms with Gasteiger partial charge in [0.15, 0.2) is 0 Å². The minimum Gasteiger partial charge on any atom is -0.279 e.